The highest BCUT2D eigenvalue weighted by Gasteiger charge is 1.95. The minimum Gasteiger partial charge on any atom is -0.492 e. The van der Waals surface area contributed by atoms with Crippen LogP contribution in [0.25, 0.3) is 0 Å². The Labute approximate surface area is 84.5 Å². The third-order valence-corrected chi connectivity index (χ3v) is 1.79. The van der Waals surface area contributed by atoms with Crippen molar-refractivity contribution in [2.24, 2.45) is 0 Å². The van der Waals surface area contributed by atoms with Gasteiger partial charge in [-0.05, 0) is 38.4 Å². The van der Waals surface area contributed by atoms with E-state index in [4.69, 9.17) is 10.00 Å². The fourth-order valence-corrected chi connectivity index (χ4v) is 0.972. The molecule has 0 bridgehead atoms. The normalized spacial score (nSPS) is 9.86. The molecule has 0 amide bonds. The fraction of sp³-hybridized carbons (Fsp3) is 0.364. The third kappa shape index (κ3) is 3.46. The first kappa shape index (κ1) is 10.6. The van der Waals surface area contributed by atoms with Crippen LogP contribution < -0.4 is 4.74 Å². The Hall–Kier alpha value is -1.53. The number of ether oxygens (including phenoxy) is 1. The van der Waals surface area contributed by atoms with Gasteiger partial charge in [-0.2, -0.15) is 5.26 Å². The highest BCUT2D eigenvalue weighted by molar-refractivity contribution is 5.34. The zero-order valence-corrected chi connectivity index (χ0v) is 8.53. The van der Waals surface area contributed by atoms with Crippen LogP contribution in [0, 0.1) is 11.3 Å². The molecule has 3 heteroatoms. The van der Waals surface area contributed by atoms with Crippen molar-refractivity contribution >= 4 is 0 Å². The van der Waals surface area contributed by atoms with Gasteiger partial charge in [0.2, 0.25) is 0 Å². The molecule has 1 aromatic rings. The molecule has 0 saturated carbocycles. The molecule has 0 radical (unpaired) electrons. The molecule has 0 heterocycles. The van der Waals surface area contributed by atoms with E-state index in [0.29, 0.717) is 12.2 Å². The second kappa shape index (κ2) is 5.25. The quantitative estimate of drug-likeness (QED) is 0.721. The van der Waals surface area contributed by atoms with Gasteiger partial charge in [0.25, 0.3) is 0 Å². The summed E-state index contributed by atoms with van der Waals surface area (Å²) in [6, 6.07) is 9.20. The van der Waals surface area contributed by atoms with Crippen molar-refractivity contribution in [3.63, 3.8) is 0 Å². The lowest BCUT2D eigenvalue weighted by Crippen LogP contribution is -2.19. The van der Waals surface area contributed by atoms with Gasteiger partial charge >= 0.3 is 0 Å². The molecule has 0 saturated heterocycles. The highest BCUT2D eigenvalue weighted by atomic mass is 16.5. The minimum absolute atomic E-state index is 0.657. The van der Waals surface area contributed by atoms with E-state index in [1.165, 1.54) is 0 Å². The van der Waals surface area contributed by atoms with E-state index >= 15 is 0 Å². The van der Waals surface area contributed by atoms with E-state index in [2.05, 4.69) is 11.0 Å². The van der Waals surface area contributed by atoms with Gasteiger partial charge in [-0.1, -0.05) is 0 Å². The first-order valence-electron chi connectivity index (χ1n) is 4.50. The van der Waals surface area contributed by atoms with Crippen LogP contribution in [-0.4, -0.2) is 32.1 Å². The van der Waals surface area contributed by atoms with E-state index in [0.717, 1.165) is 12.3 Å². The predicted molar refractivity (Wildman–Crippen MR) is 55.2 cm³/mol. The first-order valence-corrected chi connectivity index (χ1v) is 4.50. The first-order chi connectivity index (χ1) is 6.72. The van der Waals surface area contributed by atoms with E-state index < -0.39 is 0 Å². The van der Waals surface area contributed by atoms with Crippen molar-refractivity contribution in [3.05, 3.63) is 29.8 Å². The van der Waals surface area contributed by atoms with E-state index in [9.17, 15) is 0 Å². The summed E-state index contributed by atoms with van der Waals surface area (Å²) in [6.07, 6.45) is 0. The van der Waals surface area contributed by atoms with Gasteiger partial charge in [-0.25, -0.2) is 0 Å². The van der Waals surface area contributed by atoms with Crippen LogP contribution in [0.3, 0.4) is 0 Å². The number of hydrogen-bond acceptors (Lipinski definition) is 3. The molecule has 0 spiro atoms. The largest absolute Gasteiger partial charge is 0.492 e. The Morgan fingerprint density at radius 1 is 1.29 bits per heavy atom. The number of hydrogen-bond donors (Lipinski definition) is 0. The molecule has 0 atom stereocenters. The lowest BCUT2D eigenvalue weighted by Gasteiger charge is -2.10. The van der Waals surface area contributed by atoms with Crippen LogP contribution in [-0.2, 0) is 0 Å². The maximum atomic E-state index is 8.58. The fourth-order valence-electron chi connectivity index (χ4n) is 0.972. The molecular formula is C11H14N2O. The SMILES string of the molecule is CN(C)CCOc1ccc(C#N)cc1. The lowest BCUT2D eigenvalue weighted by molar-refractivity contribution is 0.261. The summed E-state index contributed by atoms with van der Waals surface area (Å²) in [5, 5.41) is 8.58. The summed E-state index contributed by atoms with van der Waals surface area (Å²) in [6.45, 7) is 1.55. The van der Waals surface area contributed by atoms with Gasteiger partial charge < -0.3 is 9.64 Å². The zero-order valence-electron chi connectivity index (χ0n) is 8.53. The van der Waals surface area contributed by atoms with Crippen LogP contribution in [0.4, 0.5) is 0 Å². The van der Waals surface area contributed by atoms with Crippen molar-refractivity contribution in [2.45, 2.75) is 0 Å². The van der Waals surface area contributed by atoms with Gasteiger partial charge in [-0.15, -0.1) is 0 Å². The Balaban J connectivity index is 2.41. The molecule has 74 valence electrons. The number of rotatable bonds is 4. The molecule has 3 nitrogen and oxygen atoms in total. The van der Waals surface area contributed by atoms with Crippen LogP contribution in [0.5, 0.6) is 5.75 Å². The summed E-state index contributed by atoms with van der Waals surface area (Å²) >= 11 is 0. The van der Waals surface area contributed by atoms with E-state index in [-0.39, 0.29) is 0 Å². The molecule has 0 fully saturated rings. The predicted octanol–water partition coefficient (Wildman–Crippen LogP) is 1.50. The van der Waals surface area contributed by atoms with Crippen LogP contribution >= 0.6 is 0 Å². The maximum absolute atomic E-state index is 8.58. The monoisotopic (exact) mass is 190 g/mol. The third-order valence-electron chi connectivity index (χ3n) is 1.79. The number of likely N-dealkylation sites (N-methyl/N-ethyl adjacent to an activating group) is 1. The van der Waals surface area contributed by atoms with Crippen molar-refractivity contribution in [2.75, 3.05) is 27.2 Å². The lowest BCUT2D eigenvalue weighted by atomic mass is 10.2. The summed E-state index contributed by atoms with van der Waals surface area (Å²) in [7, 11) is 4.00. The van der Waals surface area contributed by atoms with E-state index in [1.54, 1.807) is 12.1 Å². The molecule has 0 aliphatic carbocycles. The average molecular weight is 190 g/mol. The molecule has 0 unspecified atom stereocenters. The maximum Gasteiger partial charge on any atom is 0.119 e. The molecule has 14 heavy (non-hydrogen) atoms. The van der Waals surface area contributed by atoms with Crippen molar-refractivity contribution < 1.29 is 4.74 Å². The highest BCUT2D eigenvalue weighted by Crippen LogP contribution is 2.11. The van der Waals surface area contributed by atoms with Crippen molar-refractivity contribution in [1.82, 2.24) is 4.90 Å². The second-order valence-corrected chi connectivity index (χ2v) is 3.29. The van der Waals surface area contributed by atoms with Crippen LogP contribution in [0.1, 0.15) is 5.56 Å². The Morgan fingerprint density at radius 2 is 1.93 bits per heavy atom. The molecule has 0 N–H and O–H groups in total. The molecule has 0 aliphatic rings. The van der Waals surface area contributed by atoms with Crippen molar-refractivity contribution in [1.29, 1.82) is 5.26 Å². The van der Waals surface area contributed by atoms with Crippen molar-refractivity contribution in [3.8, 4) is 11.8 Å². The number of nitriles is 1. The molecular weight excluding hydrogens is 176 g/mol. The van der Waals surface area contributed by atoms with Gasteiger partial charge in [0.1, 0.15) is 12.4 Å². The summed E-state index contributed by atoms with van der Waals surface area (Å²) in [5.74, 6) is 0.811. The average Bonchev–Trinajstić information content (AvgIpc) is 2.18. The van der Waals surface area contributed by atoms with Gasteiger partial charge in [0.15, 0.2) is 0 Å². The second-order valence-electron chi connectivity index (χ2n) is 3.29. The van der Waals surface area contributed by atoms with E-state index in [1.807, 2.05) is 26.2 Å². The number of nitrogens with zero attached hydrogens (tertiary/aromatic N) is 2. The Bertz CT molecular complexity index is 311. The van der Waals surface area contributed by atoms with Crippen LogP contribution in [0.2, 0.25) is 0 Å². The summed E-state index contributed by atoms with van der Waals surface area (Å²) < 4.78 is 5.47. The minimum atomic E-state index is 0.657. The molecule has 1 aromatic carbocycles. The van der Waals surface area contributed by atoms with Gasteiger partial charge in [-0.3, -0.25) is 0 Å². The Kier molecular flexibility index (Phi) is 3.96. The topological polar surface area (TPSA) is 36.3 Å². The Morgan fingerprint density at radius 3 is 2.43 bits per heavy atom. The number of benzene rings is 1. The van der Waals surface area contributed by atoms with Gasteiger partial charge in [0, 0.05) is 6.54 Å². The smallest absolute Gasteiger partial charge is 0.119 e. The summed E-state index contributed by atoms with van der Waals surface area (Å²) in [5.41, 5.74) is 0.657. The van der Waals surface area contributed by atoms with Gasteiger partial charge in [0.05, 0.1) is 11.6 Å². The van der Waals surface area contributed by atoms with Crippen LogP contribution in [0.15, 0.2) is 24.3 Å². The standard InChI is InChI=1S/C11H14N2O/c1-13(2)7-8-14-11-5-3-10(9-12)4-6-11/h3-6H,7-8H2,1-2H3. The molecule has 1 rings (SSSR count). The zero-order chi connectivity index (χ0) is 10.4. The molecule has 0 aromatic heterocycles. The molecule has 0 aliphatic heterocycles. The summed E-state index contributed by atoms with van der Waals surface area (Å²) in [4.78, 5) is 2.06.